The summed E-state index contributed by atoms with van der Waals surface area (Å²) in [6, 6.07) is 12.8. The Labute approximate surface area is 166 Å². The highest BCUT2D eigenvalue weighted by Crippen LogP contribution is 2.30. The van der Waals surface area contributed by atoms with Crippen LogP contribution in [0.3, 0.4) is 0 Å². The number of urea groups is 1. The number of aliphatic hydroxyl groups is 1. The molecular formula is C22H30N2O4. The molecule has 3 N–H and O–H groups in total. The Morgan fingerprint density at radius 3 is 2.18 bits per heavy atom. The third-order valence-electron chi connectivity index (χ3n) is 4.33. The zero-order valence-electron chi connectivity index (χ0n) is 17.0. The summed E-state index contributed by atoms with van der Waals surface area (Å²) in [7, 11) is 0. The summed E-state index contributed by atoms with van der Waals surface area (Å²) in [4.78, 5) is 12.2. The number of aliphatic hydroxyl groups excluding tert-OH is 1. The molecule has 2 unspecified atom stereocenters. The van der Waals surface area contributed by atoms with Gasteiger partial charge in [0.25, 0.3) is 0 Å². The van der Waals surface area contributed by atoms with E-state index in [1.807, 2.05) is 63.2 Å². The molecule has 2 rings (SSSR count). The standard InChI is InChI=1S/C22H30N2O4/c1-5-27-20-12-11-19(13-21(20)28-6-2)15(3)24-22(26)23-14-17-7-9-18(10-8-17)16(4)25/h7-13,15-16,25H,5-6,14H2,1-4H3,(H2,23,24,26). The van der Waals surface area contributed by atoms with Gasteiger partial charge in [-0.05, 0) is 56.5 Å². The average molecular weight is 386 g/mol. The van der Waals surface area contributed by atoms with E-state index in [0.29, 0.717) is 31.3 Å². The Kier molecular flexibility index (Phi) is 8.14. The predicted octanol–water partition coefficient (Wildman–Crippen LogP) is 4.10. The molecule has 6 heteroatoms. The number of amides is 2. The minimum absolute atomic E-state index is 0.188. The normalized spacial score (nSPS) is 12.8. The van der Waals surface area contributed by atoms with Gasteiger partial charge in [0.05, 0.1) is 25.4 Å². The molecule has 0 aliphatic heterocycles. The van der Waals surface area contributed by atoms with Gasteiger partial charge < -0.3 is 25.2 Å². The Bertz CT molecular complexity index is 760. The lowest BCUT2D eigenvalue weighted by molar-refractivity contribution is 0.199. The van der Waals surface area contributed by atoms with Crippen LogP contribution in [-0.4, -0.2) is 24.4 Å². The van der Waals surface area contributed by atoms with Crippen LogP contribution in [-0.2, 0) is 6.54 Å². The molecule has 2 atom stereocenters. The van der Waals surface area contributed by atoms with E-state index < -0.39 is 6.10 Å². The summed E-state index contributed by atoms with van der Waals surface area (Å²) >= 11 is 0. The molecule has 0 aromatic heterocycles. The van der Waals surface area contributed by atoms with Crippen LogP contribution < -0.4 is 20.1 Å². The first-order valence-electron chi connectivity index (χ1n) is 9.65. The second-order valence-electron chi connectivity index (χ2n) is 6.54. The zero-order chi connectivity index (χ0) is 20.5. The van der Waals surface area contributed by atoms with Gasteiger partial charge in [-0.15, -0.1) is 0 Å². The van der Waals surface area contributed by atoms with Gasteiger partial charge in [-0.1, -0.05) is 30.3 Å². The largest absolute Gasteiger partial charge is 0.490 e. The highest BCUT2D eigenvalue weighted by Gasteiger charge is 2.13. The van der Waals surface area contributed by atoms with E-state index in [4.69, 9.17) is 9.47 Å². The van der Waals surface area contributed by atoms with Crippen molar-refractivity contribution in [3.8, 4) is 11.5 Å². The first-order valence-corrected chi connectivity index (χ1v) is 9.65. The summed E-state index contributed by atoms with van der Waals surface area (Å²) in [5, 5.41) is 15.3. The molecule has 2 amide bonds. The smallest absolute Gasteiger partial charge is 0.315 e. The maximum atomic E-state index is 12.2. The van der Waals surface area contributed by atoms with E-state index in [9.17, 15) is 9.90 Å². The third-order valence-corrected chi connectivity index (χ3v) is 4.33. The monoisotopic (exact) mass is 386 g/mol. The lowest BCUT2D eigenvalue weighted by Gasteiger charge is -2.18. The number of rotatable bonds is 9. The molecule has 0 heterocycles. The molecular weight excluding hydrogens is 356 g/mol. The van der Waals surface area contributed by atoms with Gasteiger partial charge in [0.1, 0.15) is 0 Å². The van der Waals surface area contributed by atoms with E-state index in [2.05, 4.69) is 10.6 Å². The SMILES string of the molecule is CCOc1ccc(C(C)NC(=O)NCc2ccc(C(C)O)cc2)cc1OCC. The van der Waals surface area contributed by atoms with Gasteiger partial charge in [0.15, 0.2) is 11.5 Å². The van der Waals surface area contributed by atoms with Gasteiger partial charge in [0.2, 0.25) is 0 Å². The average Bonchev–Trinajstić information content (AvgIpc) is 2.68. The van der Waals surface area contributed by atoms with Crippen molar-refractivity contribution < 1.29 is 19.4 Å². The van der Waals surface area contributed by atoms with Crippen LogP contribution in [0.5, 0.6) is 11.5 Å². The van der Waals surface area contributed by atoms with Crippen LogP contribution in [0.2, 0.25) is 0 Å². The van der Waals surface area contributed by atoms with E-state index >= 15 is 0 Å². The summed E-state index contributed by atoms with van der Waals surface area (Å²) < 4.78 is 11.2. The van der Waals surface area contributed by atoms with Crippen LogP contribution in [0.25, 0.3) is 0 Å². The number of benzene rings is 2. The highest BCUT2D eigenvalue weighted by molar-refractivity contribution is 5.74. The lowest BCUT2D eigenvalue weighted by Crippen LogP contribution is -2.36. The maximum absolute atomic E-state index is 12.2. The van der Waals surface area contributed by atoms with Crippen molar-refractivity contribution in [2.45, 2.75) is 46.4 Å². The number of carbonyl (C=O) groups is 1. The number of hydrogen-bond acceptors (Lipinski definition) is 4. The Hall–Kier alpha value is -2.73. The highest BCUT2D eigenvalue weighted by atomic mass is 16.5. The topological polar surface area (TPSA) is 79.8 Å². The van der Waals surface area contributed by atoms with Gasteiger partial charge in [-0.3, -0.25) is 0 Å². The van der Waals surface area contributed by atoms with Crippen LogP contribution in [0.1, 0.15) is 56.5 Å². The number of nitrogens with one attached hydrogen (secondary N) is 2. The summed E-state index contributed by atoms with van der Waals surface area (Å²) in [6.07, 6.45) is -0.498. The van der Waals surface area contributed by atoms with E-state index in [-0.39, 0.29) is 12.1 Å². The van der Waals surface area contributed by atoms with Crippen molar-refractivity contribution in [1.82, 2.24) is 10.6 Å². The van der Waals surface area contributed by atoms with Gasteiger partial charge in [-0.2, -0.15) is 0 Å². The molecule has 28 heavy (non-hydrogen) atoms. The zero-order valence-corrected chi connectivity index (χ0v) is 17.0. The first-order chi connectivity index (χ1) is 13.4. The minimum Gasteiger partial charge on any atom is -0.490 e. The van der Waals surface area contributed by atoms with Crippen LogP contribution in [0, 0.1) is 0 Å². The fraction of sp³-hybridized carbons (Fsp3) is 0.409. The van der Waals surface area contributed by atoms with Crippen LogP contribution in [0.15, 0.2) is 42.5 Å². The molecule has 0 spiro atoms. The van der Waals surface area contributed by atoms with Gasteiger partial charge in [0, 0.05) is 6.54 Å². The molecule has 0 aliphatic rings. The molecule has 2 aromatic rings. The fourth-order valence-electron chi connectivity index (χ4n) is 2.76. The molecule has 6 nitrogen and oxygen atoms in total. The van der Waals surface area contributed by atoms with Crippen LogP contribution >= 0.6 is 0 Å². The van der Waals surface area contributed by atoms with Crippen molar-refractivity contribution in [3.63, 3.8) is 0 Å². The molecule has 2 aromatic carbocycles. The van der Waals surface area contributed by atoms with Crippen molar-refractivity contribution >= 4 is 6.03 Å². The van der Waals surface area contributed by atoms with Gasteiger partial charge >= 0.3 is 6.03 Å². The first kappa shape index (κ1) is 21.6. The Morgan fingerprint density at radius 2 is 1.57 bits per heavy atom. The molecule has 0 saturated carbocycles. The predicted molar refractivity (Wildman–Crippen MR) is 110 cm³/mol. The van der Waals surface area contributed by atoms with E-state index in [1.54, 1.807) is 6.92 Å². The maximum Gasteiger partial charge on any atom is 0.315 e. The van der Waals surface area contributed by atoms with Gasteiger partial charge in [-0.25, -0.2) is 4.79 Å². The summed E-state index contributed by atoms with van der Waals surface area (Å²) in [5.74, 6) is 1.37. The minimum atomic E-state index is -0.498. The van der Waals surface area contributed by atoms with E-state index in [1.165, 1.54) is 0 Å². The van der Waals surface area contributed by atoms with Crippen molar-refractivity contribution in [2.24, 2.45) is 0 Å². The quantitative estimate of drug-likeness (QED) is 0.606. The third kappa shape index (κ3) is 6.16. The molecule has 0 radical (unpaired) electrons. The van der Waals surface area contributed by atoms with E-state index in [0.717, 1.165) is 16.7 Å². The Morgan fingerprint density at radius 1 is 0.964 bits per heavy atom. The molecule has 0 aliphatic carbocycles. The lowest BCUT2D eigenvalue weighted by atomic mass is 10.1. The molecule has 0 bridgehead atoms. The summed E-state index contributed by atoms with van der Waals surface area (Å²) in [5.41, 5.74) is 2.75. The van der Waals surface area contributed by atoms with Crippen molar-refractivity contribution in [2.75, 3.05) is 13.2 Å². The fourth-order valence-corrected chi connectivity index (χ4v) is 2.76. The molecule has 0 fully saturated rings. The second kappa shape index (κ2) is 10.6. The second-order valence-corrected chi connectivity index (χ2v) is 6.54. The number of hydrogen-bond donors (Lipinski definition) is 3. The van der Waals surface area contributed by atoms with Crippen LogP contribution in [0.4, 0.5) is 4.79 Å². The Balaban J connectivity index is 1.93. The number of carbonyl (C=O) groups excluding carboxylic acids is 1. The number of ether oxygens (including phenoxy) is 2. The van der Waals surface area contributed by atoms with Crippen molar-refractivity contribution in [1.29, 1.82) is 0 Å². The molecule has 0 saturated heterocycles. The molecule has 152 valence electrons. The van der Waals surface area contributed by atoms with Crippen molar-refractivity contribution in [3.05, 3.63) is 59.2 Å². The summed E-state index contributed by atoms with van der Waals surface area (Å²) in [6.45, 7) is 9.00.